The average molecular weight is 623 g/mol. The number of para-hydroxylation sites is 1. The number of halogens is 5. The number of hydrogen-bond donors (Lipinski definition) is 1. The first-order valence-electron chi connectivity index (χ1n) is 13.5. The van der Waals surface area contributed by atoms with Crippen LogP contribution in [0.2, 0.25) is 0 Å². The Balaban J connectivity index is 1.53. The van der Waals surface area contributed by atoms with Crippen molar-refractivity contribution < 1.29 is 29.1 Å². The van der Waals surface area contributed by atoms with Crippen molar-refractivity contribution in [1.29, 1.82) is 0 Å². The highest BCUT2D eigenvalue weighted by Gasteiger charge is 2.65. The summed E-state index contributed by atoms with van der Waals surface area (Å²) in [6.07, 6.45) is 5.86. The summed E-state index contributed by atoms with van der Waals surface area (Å²) < 4.78 is 64.5. The van der Waals surface area contributed by atoms with E-state index in [1.54, 1.807) is 6.07 Å². The van der Waals surface area contributed by atoms with Crippen LogP contribution in [0.4, 0.5) is 25.1 Å². The molecule has 1 fully saturated rings. The zero-order valence-corrected chi connectivity index (χ0v) is 24.2. The quantitative estimate of drug-likeness (QED) is 0.0613. The molecule has 0 radical (unpaired) electrons. The lowest BCUT2D eigenvalue weighted by atomic mass is 10.1. The Morgan fingerprint density at radius 3 is 2.32 bits per heavy atom. The van der Waals surface area contributed by atoms with Crippen molar-refractivity contribution in [3.63, 3.8) is 0 Å². The summed E-state index contributed by atoms with van der Waals surface area (Å²) in [7, 11) is -9.68. The van der Waals surface area contributed by atoms with Gasteiger partial charge in [0, 0.05) is 23.9 Å². The van der Waals surface area contributed by atoms with Crippen LogP contribution in [0, 0.1) is 10.1 Å². The number of piperidine rings is 1. The standard InChI is InChI=1S/C27H35F5N4O3S2/c28-41(29,30,31,32)24-14-12-22(13-15-24)9-4-5-16-33-27(40-20-8-19-35-17-6-1-7-18-35)34-26(37)21-23-10-2-3-11-25(23)36(38)39/h2-3,10-15H,1,4-9,16-21H2,(H,33,34,37). The molecule has 1 aliphatic heterocycles. The average Bonchev–Trinajstić information content (AvgIpc) is 2.90. The van der Waals surface area contributed by atoms with Gasteiger partial charge in [-0.3, -0.25) is 19.9 Å². The minimum absolute atomic E-state index is 0.135. The summed E-state index contributed by atoms with van der Waals surface area (Å²) in [6.45, 7) is 3.46. The second kappa shape index (κ2) is 13.5. The number of benzene rings is 2. The molecule has 0 aromatic heterocycles. The first kappa shape index (κ1) is 32.8. The number of carbonyl (C=O) groups is 1. The van der Waals surface area contributed by atoms with E-state index in [9.17, 15) is 34.3 Å². The molecule has 1 heterocycles. The molecule has 1 saturated heterocycles. The van der Waals surface area contributed by atoms with Gasteiger partial charge in [0.05, 0.1) is 11.3 Å². The minimum atomic E-state index is -9.68. The number of aryl methyl sites for hydroxylation is 1. The number of rotatable bonds is 13. The molecule has 0 bridgehead atoms. The summed E-state index contributed by atoms with van der Waals surface area (Å²) in [5.74, 6) is 0.296. The van der Waals surface area contributed by atoms with Gasteiger partial charge < -0.3 is 10.2 Å². The van der Waals surface area contributed by atoms with E-state index in [-0.39, 0.29) is 12.1 Å². The molecule has 228 valence electrons. The van der Waals surface area contributed by atoms with Gasteiger partial charge in [0.2, 0.25) is 5.91 Å². The zero-order chi connectivity index (χ0) is 30.0. The van der Waals surface area contributed by atoms with E-state index in [2.05, 4.69) is 15.2 Å². The number of hydrogen-bond acceptors (Lipinski definition) is 6. The lowest BCUT2D eigenvalue weighted by molar-refractivity contribution is -0.385. The lowest BCUT2D eigenvalue weighted by Crippen LogP contribution is -2.32. The Hall–Kier alpha value is -2.71. The first-order valence-corrected chi connectivity index (χ1v) is 16.4. The number of likely N-dealkylation sites (tertiary alicyclic amines) is 1. The van der Waals surface area contributed by atoms with Crippen molar-refractivity contribution in [2.75, 3.05) is 31.9 Å². The van der Waals surface area contributed by atoms with E-state index in [1.165, 1.54) is 49.2 Å². The van der Waals surface area contributed by atoms with E-state index in [0.717, 1.165) is 43.9 Å². The van der Waals surface area contributed by atoms with Crippen molar-refractivity contribution in [3.05, 3.63) is 69.8 Å². The number of amides is 1. The molecular formula is C27H35F5N4O3S2. The minimum Gasteiger partial charge on any atom is -0.305 e. The molecule has 0 saturated carbocycles. The van der Waals surface area contributed by atoms with Crippen LogP contribution in [-0.4, -0.2) is 52.8 Å². The molecule has 14 heteroatoms. The van der Waals surface area contributed by atoms with E-state index in [1.807, 2.05) is 0 Å². The van der Waals surface area contributed by atoms with Crippen LogP contribution in [-0.2, 0) is 17.6 Å². The maximum atomic E-state index is 12.9. The zero-order valence-electron chi connectivity index (χ0n) is 22.6. The highest BCUT2D eigenvalue weighted by Crippen LogP contribution is 3.02. The number of nitro benzene ring substituents is 1. The van der Waals surface area contributed by atoms with Crippen LogP contribution in [0.5, 0.6) is 0 Å². The van der Waals surface area contributed by atoms with Crippen molar-refractivity contribution in [3.8, 4) is 0 Å². The Kier molecular flexibility index (Phi) is 10.8. The Morgan fingerprint density at radius 1 is 0.976 bits per heavy atom. The number of nitrogens with zero attached hydrogens (tertiary/aromatic N) is 3. The van der Waals surface area contributed by atoms with Gasteiger partial charge >= 0.3 is 10.2 Å². The molecule has 0 spiro atoms. The van der Waals surface area contributed by atoms with Gasteiger partial charge in [0.1, 0.15) is 4.90 Å². The molecule has 3 rings (SSSR count). The topological polar surface area (TPSA) is 87.8 Å². The Morgan fingerprint density at radius 2 is 1.66 bits per heavy atom. The molecule has 0 unspecified atom stereocenters. The fraction of sp³-hybridized carbons (Fsp3) is 0.481. The molecule has 1 N–H and O–H groups in total. The van der Waals surface area contributed by atoms with Crippen LogP contribution in [0.15, 0.2) is 58.4 Å². The van der Waals surface area contributed by atoms with Gasteiger partial charge in [-0.15, -0.1) is 0 Å². The molecule has 2 aromatic rings. The largest absolute Gasteiger partial charge is 0.310 e. The van der Waals surface area contributed by atoms with Crippen LogP contribution < -0.4 is 5.32 Å². The van der Waals surface area contributed by atoms with E-state index < -0.39 is 26.0 Å². The third kappa shape index (κ3) is 11.6. The second-order valence-corrected chi connectivity index (χ2v) is 13.5. The summed E-state index contributed by atoms with van der Waals surface area (Å²) >= 11 is 1.40. The molecule has 2 aromatic carbocycles. The maximum Gasteiger partial charge on any atom is 0.310 e. The van der Waals surface area contributed by atoms with Gasteiger partial charge in [-0.05, 0) is 75.9 Å². The fourth-order valence-corrected chi connectivity index (χ4v) is 5.96. The number of carbonyl (C=O) groups excluding carboxylic acids is 1. The molecule has 1 aliphatic rings. The fourth-order valence-electron chi connectivity index (χ4n) is 4.47. The molecular weight excluding hydrogens is 587 g/mol. The van der Waals surface area contributed by atoms with Crippen molar-refractivity contribution in [2.45, 2.75) is 56.3 Å². The van der Waals surface area contributed by atoms with E-state index in [0.29, 0.717) is 54.2 Å². The van der Waals surface area contributed by atoms with Crippen LogP contribution in [0.3, 0.4) is 0 Å². The SMILES string of the molecule is O=C(Cc1ccccc1[N+](=O)[O-])NC(=NCCCCc1ccc(S(F)(F)(F)(F)F)cc1)SCCCN1CCCCC1. The van der Waals surface area contributed by atoms with Crippen LogP contribution >= 0.6 is 22.0 Å². The number of aliphatic imine (C=N–C) groups is 1. The van der Waals surface area contributed by atoms with E-state index in [4.69, 9.17) is 0 Å². The van der Waals surface area contributed by atoms with Crippen LogP contribution in [0.1, 0.15) is 49.7 Å². The van der Waals surface area contributed by atoms with Crippen LogP contribution in [0.25, 0.3) is 0 Å². The van der Waals surface area contributed by atoms with Crippen molar-refractivity contribution in [2.24, 2.45) is 4.99 Å². The predicted octanol–water partition coefficient (Wildman–Crippen LogP) is 7.90. The molecule has 0 aliphatic carbocycles. The molecule has 41 heavy (non-hydrogen) atoms. The summed E-state index contributed by atoms with van der Waals surface area (Å²) in [4.78, 5) is 28.5. The summed E-state index contributed by atoms with van der Waals surface area (Å²) in [6, 6.07) is 8.99. The van der Waals surface area contributed by atoms with Gasteiger partial charge in [-0.25, -0.2) is 0 Å². The van der Waals surface area contributed by atoms with Gasteiger partial charge in [-0.1, -0.05) is 67.9 Å². The molecule has 0 atom stereocenters. The summed E-state index contributed by atoms with van der Waals surface area (Å²) in [5, 5.41) is 14.5. The number of thioether (sulfide) groups is 1. The highest BCUT2D eigenvalue weighted by molar-refractivity contribution is 8.45. The number of amidine groups is 1. The monoisotopic (exact) mass is 622 g/mol. The normalized spacial score (nSPS) is 16.6. The summed E-state index contributed by atoms with van der Waals surface area (Å²) in [5.41, 5.74) is 0.661. The smallest absolute Gasteiger partial charge is 0.305 e. The highest BCUT2D eigenvalue weighted by atomic mass is 32.5. The molecule has 7 nitrogen and oxygen atoms in total. The Labute approximate surface area is 240 Å². The maximum absolute atomic E-state index is 12.9. The van der Waals surface area contributed by atoms with Crippen molar-refractivity contribution >= 4 is 38.7 Å². The third-order valence-corrected chi connectivity index (χ3v) is 8.75. The lowest BCUT2D eigenvalue weighted by Gasteiger charge is -2.40. The van der Waals surface area contributed by atoms with Gasteiger partial charge in [-0.2, -0.15) is 0 Å². The Bertz CT molecular complexity index is 1220. The predicted molar refractivity (Wildman–Crippen MR) is 155 cm³/mol. The second-order valence-electron chi connectivity index (χ2n) is 9.97. The first-order chi connectivity index (χ1) is 19.2. The van der Waals surface area contributed by atoms with Gasteiger partial charge in [0.25, 0.3) is 5.69 Å². The van der Waals surface area contributed by atoms with Crippen molar-refractivity contribution in [1.82, 2.24) is 10.2 Å². The number of unbranched alkanes of at least 4 members (excludes halogenated alkanes) is 1. The number of nitrogens with one attached hydrogen (secondary N) is 1. The third-order valence-electron chi connectivity index (χ3n) is 6.59. The van der Waals surface area contributed by atoms with E-state index >= 15 is 0 Å². The number of nitro groups is 1. The molecule has 1 amide bonds. The van der Waals surface area contributed by atoms with Gasteiger partial charge in [0.15, 0.2) is 5.17 Å².